The summed E-state index contributed by atoms with van der Waals surface area (Å²) in [7, 11) is 0. The molecular weight excluding hydrogens is 374 g/mol. The molecule has 6 nitrogen and oxygen atoms in total. The van der Waals surface area contributed by atoms with E-state index in [2.05, 4.69) is 21.2 Å². The molecule has 1 aromatic carbocycles. The Bertz CT molecular complexity index is 548. The van der Waals surface area contributed by atoms with Gasteiger partial charge in [-0.15, -0.1) is 12.4 Å². The fraction of sp³-hybridized carbons (Fsp3) is 0.500. The maximum atomic E-state index is 12.0. The molecule has 0 atom stereocenters. The van der Waals surface area contributed by atoms with Gasteiger partial charge in [0.25, 0.3) is 5.69 Å². The average Bonchev–Trinajstić information content (AvgIpc) is 2.43. The molecule has 3 N–H and O–H groups in total. The van der Waals surface area contributed by atoms with Crippen LogP contribution in [0.4, 0.5) is 5.69 Å². The Hall–Kier alpha value is -1.18. The molecule has 1 fully saturated rings. The van der Waals surface area contributed by atoms with E-state index >= 15 is 0 Å². The standard InChI is InChI=1S/C14H18BrN3O3.ClH/c15-13-8-12(18(20)21)6-1-9(13)7-14(19)17-11-4-2-10(16)3-5-11;/h1,6,8,10-11H,2-5,7,16H2,(H,17,19);1H. The van der Waals surface area contributed by atoms with Gasteiger partial charge in [0.05, 0.1) is 11.3 Å². The van der Waals surface area contributed by atoms with Crippen LogP contribution in [-0.4, -0.2) is 22.9 Å². The maximum Gasteiger partial charge on any atom is 0.270 e. The van der Waals surface area contributed by atoms with E-state index in [1.807, 2.05) is 0 Å². The number of amides is 1. The molecule has 1 aromatic rings. The Kier molecular flexibility index (Phi) is 7.25. The zero-order valence-electron chi connectivity index (χ0n) is 12.0. The van der Waals surface area contributed by atoms with Gasteiger partial charge in [0.2, 0.25) is 5.91 Å². The van der Waals surface area contributed by atoms with Crippen molar-refractivity contribution in [3.05, 3.63) is 38.3 Å². The molecule has 1 amide bonds. The van der Waals surface area contributed by atoms with E-state index in [0.717, 1.165) is 31.2 Å². The number of nitrogens with two attached hydrogens (primary N) is 1. The van der Waals surface area contributed by atoms with Gasteiger partial charge in [0, 0.05) is 28.7 Å². The Morgan fingerprint density at radius 2 is 2.00 bits per heavy atom. The van der Waals surface area contributed by atoms with Crippen LogP contribution in [-0.2, 0) is 11.2 Å². The highest BCUT2D eigenvalue weighted by Gasteiger charge is 2.20. The molecule has 0 saturated heterocycles. The topological polar surface area (TPSA) is 98.3 Å². The fourth-order valence-corrected chi connectivity index (χ4v) is 3.02. The van der Waals surface area contributed by atoms with Gasteiger partial charge in [0.1, 0.15) is 0 Å². The quantitative estimate of drug-likeness (QED) is 0.608. The highest BCUT2D eigenvalue weighted by molar-refractivity contribution is 9.10. The molecule has 0 unspecified atom stereocenters. The van der Waals surface area contributed by atoms with Gasteiger partial charge < -0.3 is 11.1 Å². The van der Waals surface area contributed by atoms with Gasteiger partial charge in [-0.25, -0.2) is 0 Å². The van der Waals surface area contributed by atoms with E-state index < -0.39 is 4.92 Å². The van der Waals surface area contributed by atoms with E-state index in [9.17, 15) is 14.9 Å². The molecule has 1 saturated carbocycles. The van der Waals surface area contributed by atoms with Crippen molar-refractivity contribution < 1.29 is 9.72 Å². The maximum absolute atomic E-state index is 12.0. The Morgan fingerprint density at radius 1 is 1.36 bits per heavy atom. The lowest BCUT2D eigenvalue weighted by Gasteiger charge is -2.26. The summed E-state index contributed by atoms with van der Waals surface area (Å²) in [6, 6.07) is 4.88. The summed E-state index contributed by atoms with van der Waals surface area (Å²) in [6.45, 7) is 0. The van der Waals surface area contributed by atoms with Gasteiger partial charge >= 0.3 is 0 Å². The first-order chi connectivity index (χ1) is 9.95. The minimum atomic E-state index is -0.458. The zero-order valence-corrected chi connectivity index (χ0v) is 14.4. The Balaban J connectivity index is 0.00000242. The fourth-order valence-electron chi connectivity index (χ4n) is 2.51. The normalized spacial score (nSPS) is 20.8. The minimum Gasteiger partial charge on any atom is -0.353 e. The van der Waals surface area contributed by atoms with Crippen molar-refractivity contribution >= 4 is 39.9 Å². The summed E-state index contributed by atoms with van der Waals surface area (Å²) in [6.07, 6.45) is 3.90. The second-order valence-corrected chi connectivity index (χ2v) is 6.24. The Labute approximate surface area is 143 Å². The second kappa shape index (κ2) is 8.45. The third-order valence-electron chi connectivity index (χ3n) is 3.74. The average molecular weight is 393 g/mol. The Morgan fingerprint density at radius 3 is 2.55 bits per heavy atom. The van der Waals surface area contributed by atoms with Gasteiger partial charge in [-0.2, -0.15) is 0 Å². The lowest BCUT2D eigenvalue weighted by atomic mass is 9.91. The molecule has 2 rings (SSSR count). The number of hydrogen-bond donors (Lipinski definition) is 2. The van der Waals surface area contributed by atoms with E-state index in [1.54, 1.807) is 6.07 Å². The van der Waals surface area contributed by atoms with Crippen LogP contribution in [0.5, 0.6) is 0 Å². The molecule has 8 heteroatoms. The van der Waals surface area contributed by atoms with Gasteiger partial charge in [-0.3, -0.25) is 14.9 Å². The van der Waals surface area contributed by atoms with Gasteiger partial charge in [-0.1, -0.05) is 22.0 Å². The predicted octanol–water partition coefficient (Wildman–Crippen LogP) is 2.71. The number of nitrogens with zero attached hydrogens (tertiary/aromatic N) is 1. The van der Waals surface area contributed by atoms with Crippen LogP contribution in [0.1, 0.15) is 31.2 Å². The molecule has 0 heterocycles. The molecule has 0 aromatic heterocycles. The number of non-ortho nitro benzene ring substituents is 1. The number of nitro benzene ring substituents is 1. The molecule has 0 bridgehead atoms. The van der Waals surface area contributed by atoms with Crippen LogP contribution in [0.15, 0.2) is 22.7 Å². The summed E-state index contributed by atoms with van der Waals surface area (Å²) >= 11 is 3.28. The molecule has 1 aliphatic rings. The first kappa shape index (κ1) is 18.9. The van der Waals surface area contributed by atoms with Crippen LogP contribution in [0.3, 0.4) is 0 Å². The molecule has 122 valence electrons. The number of carbonyl (C=O) groups is 1. The zero-order chi connectivity index (χ0) is 15.4. The summed E-state index contributed by atoms with van der Waals surface area (Å²) < 4.78 is 0.581. The molecule has 0 radical (unpaired) electrons. The predicted molar refractivity (Wildman–Crippen MR) is 90.1 cm³/mol. The van der Waals surface area contributed by atoms with E-state index in [0.29, 0.717) is 4.47 Å². The van der Waals surface area contributed by atoms with Crippen molar-refractivity contribution in [1.29, 1.82) is 0 Å². The molecular formula is C14H19BrClN3O3. The van der Waals surface area contributed by atoms with Crippen molar-refractivity contribution in [2.24, 2.45) is 5.73 Å². The molecule has 0 aliphatic heterocycles. The number of benzene rings is 1. The summed E-state index contributed by atoms with van der Waals surface area (Å²) in [5, 5.41) is 13.7. The highest BCUT2D eigenvalue weighted by Crippen LogP contribution is 2.23. The van der Waals surface area contributed by atoms with Crippen molar-refractivity contribution in [2.75, 3.05) is 0 Å². The van der Waals surface area contributed by atoms with Crippen LogP contribution >= 0.6 is 28.3 Å². The number of rotatable bonds is 4. The summed E-state index contributed by atoms with van der Waals surface area (Å²) in [4.78, 5) is 22.2. The van der Waals surface area contributed by atoms with Crippen molar-refractivity contribution in [2.45, 2.75) is 44.2 Å². The molecule has 22 heavy (non-hydrogen) atoms. The lowest BCUT2D eigenvalue weighted by Crippen LogP contribution is -2.41. The first-order valence-corrected chi connectivity index (χ1v) is 7.73. The number of nitro groups is 1. The number of halogens is 2. The lowest BCUT2D eigenvalue weighted by molar-refractivity contribution is -0.384. The van der Waals surface area contributed by atoms with Crippen molar-refractivity contribution in [3.8, 4) is 0 Å². The van der Waals surface area contributed by atoms with E-state index in [-0.39, 0.29) is 42.5 Å². The third-order valence-corrected chi connectivity index (χ3v) is 4.47. The summed E-state index contributed by atoms with van der Waals surface area (Å²) in [5.74, 6) is -0.0648. The molecule has 0 spiro atoms. The number of carbonyl (C=O) groups excluding carboxylic acids is 1. The second-order valence-electron chi connectivity index (χ2n) is 5.39. The van der Waals surface area contributed by atoms with Crippen LogP contribution < -0.4 is 11.1 Å². The van der Waals surface area contributed by atoms with Crippen LogP contribution in [0.2, 0.25) is 0 Å². The highest BCUT2D eigenvalue weighted by atomic mass is 79.9. The SMILES string of the molecule is Cl.NC1CCC(NC(=O)Cc2ccc([N+](=O)[O-])cc2Br)CC1. The number of hydrogen-bond acceptors (Lipinski definition) is 4. The van der Waals surface area contributed by atoms with Crippen molar-refractivity contribution in [3.63, 3.8) is 0 Å². The number of nitrogens with one attached hydrogen (secondary N) is 1. The van der Waals surface area contributed by atoms with Crippen LogP contribution in [0, 0.1) is 10.1 Å². The minimum absolute atomic E-state index is 0. The first-order valence-electron chi connectivity index (χ1n) is 6.93. The largest absolute Gasteiger partial charge is 0.353 e. The van der Waals surface area contributed by atoms with Crippen LogP contribution in [0.25, 0.3) is 0 Å². The van der Waals surface area contributed by atoms with E-state index in [4.69, 9.17) is 5.73 Å². The smallest absolute Gasteiger partial charge is 0.270 e. The van der Waals surface area contributed by atoms with Crippen molar-refractivity contribution in [1.82, 2.24) is 5.32 Å². The summed E-state index contributed by atoms with van der Waals surface area (Å²) in [5.41, 5.74) is 6.58. The van der Waals surface area contributed by atoms with E-state index in [1.165, 1.54) is 12.1 Å². The third kappa shape index (κ3) is 5.23. The van der Waals surface area contributed by atoms with Gasteiger partial charge in [-0.05, 0) is 31.2 Å². The van der Waals surface area contributed by atoms with Gasteiger partial charge in [0.15, 0.2) is 0 Å². The molecule has 1 aliphatic carbocycles. The monoisotopic (exact) mass is 391 g/mol.